The lowest BCUT2D eigenvalue weighted by Crippen LogP contribution is -2.36. The van der Waals surface area contributed by atoms with Crippen molar-refractivity contribution >= 4 is 28.4 Å². The summed E-state index contributed by atoms with van der Waals surface area (Å²) in [4.78, 5) is 13.2. The van der Waals surface area contributed by atoms with E-state index in [1.165, 1.54) is 23.7 Å². The number of alkyl halides is 1. The number of carbonyl (C=O) groups is 1. The lowest BCUT2D eigenvalue weighted by molar-refractivity contribution is -0.118. The molecule has 0 spiro atoms. The largest absolute Gasteiger partial charge is 0.299 e. The summed E-state index contributed by atoms with van der Waals surface area (Å²) in [7, 11) is 0. The number of hydrogen-bond donors (Lipinski definition) is 0. The summed E-state index contributed by atoms with van der Waals surface area (Å²) >= 11 is 2.45. The molecule has 0 bridgehead atoms. The van der Waals surface area contributed by atoms with Crippen molar-refractivity contribution in [1.29, 1.82) is 0 Å². The summed E-state index contributed by atoms with van der Waals surface area (Å²) in [5.41, 5.74) is 0. The minimum atomic E-state index is 0.298. The molecule has 1 fully saturated rings. The van der Waals surface area contributed by atoms with Gasteiger partial charge in [-0.1, -0.05) is 22.6 Å². The van der Waals surface area contributed by atoms with Gasteiger partial charge in [-0.15, -0.1) is 0 Å². The minimum Gasteiger partial charge on any atom is -0.299 e. The van der Waals surface area contributed by atoms with Crippen LogP contribution in [-0.4, -0.2) is 34.7 Å². The molecule has 2 nitrogen and oxygen atoms in total. The fourth-order valence-corrected chi connectivity index (χ4v) is 2.78. The van der Waals surface area contributed by atoms with Gasteiger partial charge < -0.3 is 0 Å². The number of likely N-dealkylation sites (tertiary alicyclic amines) is 1. The first-order chi connectivity index (χ1) is 6.22. The summed E-state index contributed by atoms with van der Waals surface area (Å²) in [6, 6.07) is 0. The van der Waals surface area contributed by atoms with Crippen LogP contribution in [0.5, 0.6) is 0 Å². The molecule has 0 aromatic heterocycles. The second-order valence-electron chi connectivity index (χ2n) is 3.90. The van der Waals surface area contributed by atoms with Crippen LogP contribution >= 0.6 is 22.6 Å². The summed E-state index contributed by atoms with van der Waals surface area (Å²) in [5, 5.41) is 0. The molecule has 0 aliphatic carbocycles. The minimum absolute atomic E-state index is 0.298. The molecule has 0 N–H and O–H groups in total. The lowest BCUT2D eigenvalue weighted by Gasteiger charge is -2.30. The molecule has 76 valence electrons. The zero-order valence-electron chi connectivity index (χ0n) is 8.26. The molecular formula is C10H18INO. The van der Waals surface area contributed by atoms with E-state index in [4.69, 9.17) is 0 Å². The van der Waals surface area contributed by atoms with Crippen LogP contribution in [0.4, 0.5) is 0 Å². The quantitative estimate of drug-likeness (QED) is 0.585. The molecule has 0 unspecified atom stereocenters. The van der Waals surface area contributed by atoms with Gasteiger partial charge in [-0.25, -0.2) is 0 Å². The Morgan fingerprint density at radius 3 is 2.54 bits per heavy atom. The average molecular weight is 295 g/mol. The van der Waals surface area contributed by atoms with Crippen LogP contribution in [-0.2, 0) is 4.79 Å². The number of rotatable bonds is 4. The number of nitrogens with zero attached hydrogens (tertiary/aromatic N) is 1. The van der Waals surface area contributed by atoms with Gasteiger partial charge in [-0.3, -0.25) is 9.69 Å². The Labute approximate surface area is 94.2 Å². The normalized spacial score (nSPS) is 20.5. The molecule has 1 aliphatic rings. The zero-order chi connectivity index (χ0) is 9.68. The molecule has 0 aromatic carbocycles. The van der Waals surface area contributed by atoms with E-state index in [-0.39, 0.29) is 0 Å². The van der Waals surface area contributed by atoms with E-state index in [9.17, 15) is 4.79 Å². The van der Waals surface area contributed by atoms with Crippen LogP contribution in [0.25, 0.3) is 0 Å². The molecule has 1 heterocycles. The van der Waals surface area contributed by atoms with Crippen molar-refractivity contribution in [3.05, 3.63) is 0 Å². The highest BCUT2D eigenvalue weighted by Crippen LogP contribution is 2.20. The molecule has 1 aliphatic heterocycles. The van der Waals surface area contributed by atoms with Crippen LogP contribution in [0.3, 0.4) is 0 Å². The first-order valence-electron chi connectivity index (χ1n) is 5.00. The van der Waals surface area contributed by atoms with Gasteiger partial charge in [0.25, 0.3) is 0 Å². The van der Waals surface area contributed by atoms with Crippen molar-refractivity contribution < 1.29 is 4.79 Å². The number of carbonyl (C=O) groups excluding carboxylic acids is 1. The maximum atomic E-state index is 10.9. The number of ketones is 1. The molecule has 0 amide bonds. The summed E-state index contributed by atoms with van der Waals surface area (Å²) < 4.78 is 1.27. The molecule has 1 saturated heterocycles. The molecular weight excluding hydrogens is 277 g/mol. The highest BCUT2D eigenvalue weighted by molar-refractivity contribution is 14.1. The number of piperidine rings is 1. The third-order valence-corrected chi connectivity index (χ3v) is 3.29. The average Bonchev–Trinajstić information content (AvgIpc) is 2.08. The summed E-state index contributed by atoms with van der Waals surface area (Å²) in [5.74, 6) is 1.22. The second-order valence-corrected chi connectivity index (χ2v) is 4.98. The summed E-state index contributed by atoms with van der Waals surface area (Å²) in [6.07, 6.45) is 3.93. The van der Waals surface area contributed by atoms with Crippen LogP contribution in [0.2, 0.25) is 0 Å². The van der Waals surface area contributed by atoms with E-state index in [0.717, 1.165) is 19.0 Å². The second kappa shape index (κ2) is 5.96. The predicted molar refractivity (Wildman–Crippen MR) is 63.3 cm³/mol. The fraction of sp³-hybridized carbons (Fsp3) is 0.900. The molecule has 3 heteroatoms. The van der Waals surface area contributed by atoms with Gasteiger partial charge >= 0.3 is 0 Å². The topological polar surface area (TPSA) is 20.3 Å². The zero-order valence-corrected chi connectivity index (χ0v) is 10.4. The highest BCUT2D eigenvalue weighted by Gasteiger charge is 2.18. The SMILES string of the molecule is CC(=O)CN1CCC(CCI)CC1. The lowest BCUT2D eigenvalue weighted by atomic mass is 9.94. The Morgan fingerprint density at radius 1 is 1.46 bits per heavy atom. The van der Waals surface area contributed by atoms with Crippen molar-refractivity contribution in [1.82, 2.24) is 4.90 Å². The molecule has 0 atom stereocenters. The van der Waals surface area contributed by atoms with Gasteiger partial charge in [0.1, 0.15) is 5.78 Å². The van der Waals surface area contributed by atoms with E-state index in [1.54, 1.807) is 6.92 Å². The van der Waals surface area contributed by atoms with Crippen molar-refractivity contribution in [3.8, 4) is 0 Å². The highest BCUT2D eigenvalue weighted by atomic mass is 127. The monoisotopic (exact) mass is 295 g/mol. The Balaban J connectivity index is 2.18. The van der Waals surface area contributed by atoms with E-state index < -0.39 is 0 Å². The molecule has 13 heavy (non-hydrogen) atoms. The van der Waals surface area contributed by atoms with E-state index in [0.29, 0.717) is 12.3 Å². The van der Waals surface area contributed by atoms with Gasteiger partial charge in [-0.05, 0) is 49.6 Å². The molecule has 0 radical (unpaired) electrons. The van der Waals surface area contributed by atoms with Crippen LogP contribution in [0.1, 0.15) is 26.2 Å². The van der Waals surface area contributed by atoms with Crippen molar-refractivity contribution in [2.45, 2.75) is 26.2 Å². The van der Waals surface area contributed by atoms with Crippen LogP contribution < -0.4 is 0 Å². The molecule has 1 rings (SSSR count). The maximum Gasteiger partial charge on any atom is 0.143 e. The predicted octanol–water partition coefficient (Wildman–Crippen LogP) is 2.11. The van der Waals surface area contributed by atoms with Gasteiger partial charge in [0.05, 0.1) is 6.54 Å². The molecule has 0 saturated carbocycles. The Bertz CT molecular complexity index is 164. The van der Waals surface area contributed by atoms with Gasteiger partial charge in [-0.2, -0.15) is 0 Å². The fourth-order valence-electron chi connectivity index (χ4n) is 1.90. The maximum absolute atomic E-state index is 10.9. The number of halogens is 1. The van der Waals surface area contributed by atoms with Gasteiger partial charge in [0, 0.05) is 0 Å². The van der Waals surface area contributed by atoms with E-state index in [2.05, 4.69) is 27.5 Å². The van der Waals surface area contributed by atoms with E-state index in [1.807, 2.05) is 0 Å². The smallest absolute Gasteiger partial charge is 0.143 e. The van der Waals surface area contributed by atoms with Gasteiger partial charge in [0.15, 0.2) is 0 Å². The Morgan fingerprint density at radius 2 is 2.08 bits per heavy atom. The number of hydrogen-bond acceptors (Lipinski definition) is 2. The third-order valence-electron chi connectivity index (χ3n) is 2.67. The Kier molecular flexibility index (Phi) is 5.24. The number of Topliss-reactive ketones (excluding diaryl/α,β-unsaturated/α-hetero) is 1. The first kappa shape index (κ1) is 11.4. The first-order valence-corrected chi connectivity index (χ1v) is 6.52. The van der Waals surface area contributed by atoms with Crippen molar-refractivity contribution in [2.24, 2.45) is 5.92 Å². The van der Waals surface area contributed by atoms with Gasteiger partial charge in [0.2, 0.25) is 0 Å². The Hall–Kier alpha value is 0.360. The van der Waals surface area contributed by atoms with E-state index >= 15 is 0 Å². The third kappa shape index (κ3) is 4.40. The van der Waals surface area contributed by atoms with Crippen LogP contribution in [0, 0.1) is 5.92 Å². The standard InChI is InChI=1S/C10H18INO/c1-9(13)8-12-6-3-10(2-5-11)4-7-12/h10H,2-8H2,1H3. The molecule has 0 aromatic rings. The summed E-state index contributed by atoms with van der Waals surface area (Å²) in [6.45, 7) is 4.59. The van der Waals surface area contributed by atoms with Crippen molar-refractivity contribution in [2.75, 3.05) is 24.1 Å². The van der Waals surface area contributed by atoms with Crippen LogP contribution in [0.15, 0.2) is 0 Å². The van der Waals surface area contributed by atoms with Crippen molar-refractivity contribution in [3.63, 3.8) is 0 Å².